The number of amides is 4. The van der Waals surface area contributed by atoms with Crippen molar-refractivity contribution in [1.29, 1.82) is 0 Å². The van der Waals surface area contributed by atoms with E-state index in [-0.39, 0.29) is 36.0 Å². The van der Waals surface area contributed by atoms with Crippen LogP contribution in [0.1, 0.15) is 75.2 Å². The second kappa shape index (κ2) is 12.3. The highest BCUT2D eigenvalue weighted by Crippen LogP contribution is 2.65. The fourth-order valence-corrected chi connectivity index (χ4v) is 5.94. The van der Waals surface area contributed by atoms with Crippen molar-refractivity contribution in [2.24, 2.45) is 22.7 Å². The number of rotatable bonds is 11. The van der Waals surface area contributed by atoms with Crippen LogP contribution in [-0.4, -0.2) is 91.7 Å². The largest absolute Gasteiger partial charge is 0.444 e. The molecular weight excluding hydrogens is 552 g/mol. The van der Waals surface area contributed by atoms with Crippen molar-refractivity contribution in [3.05, 3.63) is 0 Å². The zero-order valence-electron chi connectivity index (χ0n) is 26.0. The Morgan fingerprint density at radius 2 is 1.61 bits per heavy atom. The normalized spacial score (nSPS) is 23.1. The lowest BCUT2D eigenvalue weighted by molar-refractivity contribution is -0.145. The molecule has 0 aromatic rings. The van der Waals surface area contributed by atoms with Crippen LogP contribution in [0.2, 0.25) is 0 Å². The van der Waals surface area contributed by atoms with Gasteiger partial charge in [-0.2, -0.15) is 0 Å². The van der Waals surface area contributed by atoms with Crippen LogP contribution >= 0.6 is 0 Å². The third-order valence-corrected chi connectivity index (χ3v) is 8.67. The van der Waals surface area contributed by atoms with Crippen molar-refractivity contribution in [1.82, 2.24) is 20.9 Å². The van der Waals surface area contributed by atoms with Crippen molar-refractivity contribution in [3.63, 3.8) is 0 Å². The van der Waals surface area contributed by atoms with E-state index in [1.807, 2.05) is 13.8 Å². The minimum Gasteiger partial charge on any atom is -0.444 e. The van der Waals surface area contributed by atoms with Crippen molar-refractivity contribution in [2.75, 3.05) is 25.1 Å². The number of nitrogens with zero attached hydrogens (tertiary/aromatic N) is 1. The fourth-order valence-electron chi connectivity index (χ4n) is 5.46. The number of likely N-dealkylation sites (tertiary alicyclic amines) is 1. The lowest BCUT2D eigenvalue weighted by Gasteiger charge is -2.38. The maximum atomic E-state index is 13.9. The third kappa shape index (κ3) is 8.89. The van der Waals surface area contributed by atoms with Crippen LogP contribution in [0, 0.1) is 22.7 Å². The van der Waals surface area contributed by atoms with Gasteiger partial charge in [0.15, 0.2) is 0 Å². The molecule has 4 amide bonds. The minimum atomic E-state index is -3.33. The molecule has 1 heterocycles. The molecule has 2 aliphatic rings. The lowest BCUT2D eigenvalue weighted by atomic mass is 9.85. The van der Waals surface area contributed by atoms with Crippen LogP contribution < -0.4 is 16.0 Å². The van der Waals surface area contributed by atoms with Gasteiger partial charge in [0.25, 0.3) is 5.91 Å². The summed E-state index contributed by atoms with van der Waals surface area (Å²) in [5.41, 5.74) is -1.68. The van der Waals surface area contributed by atoms with Crippen LogP contribution in [-0.2, 0) is 33.8 Å². The molecule has 1 aliphatic carbocycles. The molecule has 0 aromatic carbocycles. The maximum absolute atomic E-state index is 13.9. The predicted octanol–water partition coefficient (Wildman–Crippen LogP) is 1.42. The van der Waals surface area contributed by atoms with Gasteiger partial charge in [-0.15, -0.1) is 0 Å². The number of hydrogen-bond donors (Lipinski definition) is 3. The van der Waals surface area contributed by atoms with Gasteiger partial charge >= 0.3 is 6.09 Å². The summed E-state index contributed by atoms with van der Waals surface area (Å²) >= 11 is 0. The van der Waals surface area contributed by atoms with Gasteiger partial charge in [0, 0.05) is 19.3 Å². The molecule has 3 N–H and O–H groups in total. The summed E-state index contributed by atoms with van der Waals surface area (Å²) in [6, 6.07) is -3.02. The first-order chi connectivity index (χ1) is 18.5. The van der Waals surface area contributed by atoms with Crippen molar-refractivity contribution < 1.29 is 37.1 Å². The lowest BCUT2D eigenvalue weighted by Crippen LogP contribution is -2.60. The van der Waals surface area contributed by atoms with Crippen molar-refractivity contribution in [3.8, 4) is 0 Å². The number of alkyl carbamates (subject to hydrolysis) is 1. The number of carbonyl (C=O) groups excluding carboxylic acids is 5. The highest BCUT2D eigenvalue weighted by molar-refractivity contribution is 7.90. The summed E-state index contributed by atoms with van der Waals surface area (Å²) in [5.74, 6) is -3.25. The van der Waals surface area contributed by atoms with Gasteiger partial charge in [-0.05, 0) is 49.9 Å². The van der Waals surface area contributed by atoms with E-state index in [0.29, 0.717) is 13.0 Å². The predicted molar refractivity (Wildman–Crippen MR) is 153 cm³/mol. The van der Waals surface area contributed by atoms with Crippen LogP contribution in [0.3, 0.4) is 0 Å². The van der Waals surface area contributed by atoms with Gasteiger partial charge in [0.05, 0.1) is 11.8 Å². The fraction of sp³-hybridized carbons (Fsp3) is 0.821. The van der Waals surface area contributed by atoms with Crippen molar-refractivity contribution in [2.45, 2.75) is 98.9 Å². The number of carbonyl (C=O) groups is 5. The summed E-state index contributed by atoms with van der Waals surface area (Å²) in [7, 11) is -3.33. The number of ether oxygens (including phenoxy) is 1. The number of Topliss-reactive ketones (excluding diaryl/α,β-unsaturated/α-hetero) is 1. The highest BCUT2D eigenvalue weighted by Gasteiger charge is 2.70. The molecule has 12 nitrogen and oxygen atoms in total. The zero-order valence-corrected chi connectivity index (χ0v) is 26.9. The summed E-state index contributed by atoms with van der Waals surface area (Å²) < 4.78 is 28.1. The van der Waals surface area contributed by atoms with E-state index >= 15 is 0 Å². The molecule has 1 aliphatic heterocycles. The van der Waals surface area contributed by atoms with Gasteiger partial charge in [-0.3, -0.25) is 19.2 Å². The Balaban J connectivity index is 2.26. The SMILES string of the molecule is CCCC(NC(=O)[C@@H]1C2C(CN1C(=O)C(NC(=O)OC(C)(C)C)C(C)(C)C)C2(C)C)C(=O)C(=O)NCCS(C)(=O)=O. The van der Waals surface area contributed by atoms with E-state index in [4.69, 9.17) is 4.74 Å². The molecule has 2 rings (SSSR count). The molecule has 1 saturated carbocycles. The zero-order chi connectivity index (χ0) is 31.7. The minimum absolute atomic E-state index is 0.0592. The summed E-state index contributed by atoms with van der Waals surface area (Å²) in [6.45, 7) is 16.5. The average Bonchev–Trinajstić information content (AvgIpc) is 3.13. The van der Waals surface area contributed by atoms with Gasteiger partial charge in [-0.1, -0.05) is 48.0 Å². The van der Waals surface area contributed by atoms with Crippen LogP contribution in [0.15, 0.2) is 0 Å². The van der Waals surface area contributed by atoms with E-state index < -0.39 is 68.6 Å². The maximum Gasteiger partial charge on any atom is 0.408 e. The van der Waals surface area contributed by atoms with Crippen molar-refractivity contribution >= 4 is 39.4 Å². The number of nitrogens with one attached hydrogen (secondary N) is 3. The van der Waals surface area contributed by atoms with Crippen LogP contribution in [0.5, 0.6) is 0 Å². The molecule has 2 fully saturated rings. The topological polar surface area (TPSA) is 168 Å². The molecule has 234 valence electrons. The number of piperidine rings is 1. The monoisotopic (exact) mass is 600 g/mol. The Labute approximate surface area is 244 Å². The number of sulfone groups is 1. The van der Waals surface area contributed by atoms with Crippen LogP contribution in [0.4, 0.5) is 4.79 Å². The van der Waals surface area contributed by atoms with E-state index in [1.54, 1.807) is 48.5 Å². The molecule has 41 heavy (non-hydrogen) atoms. The molecule has 0 spiro atoms. The number of hydrogen-bond acceptors (Lipinski definition) is 8. The molecule has 0 radical (unpaired) electrons. The Morgan fingerprint density at radius 3 is 2.10 bits per heavy atom. The van der Waals surface area contributed by atoms with Gasteiger partial charge < -0.3 is 25.6 Å². The molecule has 4 unspecified atom stereocenters. The van der Waals surface area contributed by atoms with Crippen LogP contribution in [0.25, 0.3) is 0 Å². The van der Waals surface area contributed by atoms with Gasteiger partial charge in [0.2, 0.25) is 17.6 Å². The first kappa shape index (κ1) is 34.5. The molecule has 0 bridgehead atoms. The first-order valence-corrected chi connectivity index (χ1v) is 16.2. The average molecular weight is 601 g/mol. The highest BCUT2D eigenvalue weighted by atomic mass is 32.2. The van der Waals surface area contributed by atoms with E-state index in [2.05, 4.69) is 16.0 Å². The Hall–Kier alpha value is -2.70. The van der Waals surface area contributed by atoms with E-state index in [9.17, 15) is 32.4 Å². The number of ketones is 1. The second-order valence-corrected chi connectivity index (χ2v) is 16.2. The van der Waals surface area contributed by atoms with E-state index in [0.717, 1.165) is 6.26 Å². The van der Waals surface area contributed by atoms with Gasteiger partial charge in [-0.25, -0.2) is 13.2 Å². The quantitative estimate of drug-likeness (QED) is 0.299. The smallest absolute Gasteiger partial charge is 0.408 e. The summed E-state index contributed by atoms with van der Waals surface area (Å²) in [4.78, 5) is 67.2. The second-order valence-electron chi connectivity index (χ2n) is 13.9. The first-order valence-electron chi connectivity index (χ1n) is 14.1. The Morgan fingerprint density at radius 1 is 1.02 bits per heavy atom. The van der Waals surface area contributed by atoms with Gasteiger partial charge in [0.1, 0.15) is 27.5 Å². The number of fused-ring (bicyclic) bond motifs is 1. The summed E-state index contributed by atoms with van der Waals surface area (Å²) in [6.07, 6.45) is 0.958. The molecule has 5 atom stereocenters. The molecule has 13 heteroatoms. The third-order valence-electron chi connectivity index (χ3n) is 7.73. The molecule has 0 aromatic heterocycles. The van der Waals surface area contributed by atoms with E-state index in [1.165, 1.54) is 4.90 Å². The summed E-state index contributed by atoms with van der Waals surface area (Å²) in [5, 5.41) is 7.70. The standard InChI is InChI=1S/C28H48N4O8S/c1-11-12-17(20(33)23(35)29-13-14-41(10,38)39)30-22(34)19-18-16(28(18,8)9)15-32(19)24(36)21(26(2,3)4)31-25(37)40-27(5,6)7/h16-19,21H,11-15H2,1-10H3,(H,29,35)(H,30,34)(H,31,37)/t16?,17?,18?,19-,21?/m0/s1. The molecule has 1 saturated heterocycles. The molecular formula is C28H48N4O8S. The Kier molecular flexibility index (Phi) is 10.3. The Bertz CT molecular complexity index is 1150.